The SMILES string of the molecule is CN(Cc1ccc(NC2Cc3c(Cl)ccc(Cl)c3C2)cn1)C(=O)C1CCS(=O)CC1. The number of aromatic nitrogens is 1. The van der Waals surface area contributed by atoms with Crippen LogP contribution in [0.4, 0.5) is 5.69 Å². The van der Waals surface area contributed by atoms with E-state index in [1.807, 2.05) is 37.5 Å². The van der Waals surface area contributed by atoms with E-state index in [9.17, 15) is 9.00 Å². The van der Waals surface area contributed by atoms with Gasteiger partial charge < -0.3 is 10.2 Å². The number of nitrogens with zero attached hydrogens (tertiary/aromatic N) is 2. The minimum absolute atomic E-state index is 0.0173. The van der Waals surface area contributed by atoms with Gasteiger partial charge in [-0.05, 0) is 61.1 Å². The topological polar surface area (TPSA) is 62.3 Å². The molecular weight excluding hydrogens is 441 g/mol. The van der Waals surface area contributed by atoms with E-state index in [-0.39, 0.29) is 17.9 Å². The minimum atomic E-state index is -0.754. The van der Waals surface area contributed by atoms with Crippen molar-refractivity contribution in [1.29, 1.82) is 0 Å². The van der Waals surface area contributed by atoms with E-state index >= 15 is 0 Å². The van der Waals surface area contributed by atoms with Crippen LogP contribution in [-0.4, -0.2) is 44.6 Å². The lowest BCUT2D eigenvalue weighted by Crippen LogP contribution is -2.36. The molecule has 1 N–H and O–H groups in total. The molecule has 4 rings (SSSR count). The van der Waals surface area contributed by atoms with Gasteiger partial charge in [0.2, 0.25) is 5.91 Å². The Morgan fingerprint density at radius 2 is 1.77 bits per heavy atom. The van der Waals surface area contributed by atoms with Crippen molar-refractivity contribution in [2.24, 2.45) is 5.92 Å². The molecule has 1 amide bonds. The number of pyridine rings is 1. The average Bonchev–Trinajstić information content (AvgIpc) is 3.17. The van der Waals surface area contributed by atoms with Gasteiger partial charge in [-0.1, -0.05) is 23.2 Å². The predicted octanol–water partition coefficient (Wildman–Crippen LogP) is 4.08. The Morgan fingerprint density at radius 3 is 2.33 bits per heavy atom. The number of hydrogen-bond donors (Lipinski definition) is 1. The predicted molar refractivity (Wildman–Crippen MR) is 123 cm³/mol. The molecule has 2 aliphatic rings. The highest BCUT2D eigenvalue weighted by Crippen LogP contribution is 2.35. The number of fused-ring (bicyclic) bond motifs is 1. The second-order valence-electron chi connectivity index (χ2n) is 8.09. The maximum Gasteiger partial charge on any atom is 0.225 e. The third kappa shape index (κ3) is 4.82. The maximum absolute atomic E-state index is 12.6. The van der Waals surface area contributed by atoms with E-state index in [1.165, 1.54) is 0 Å². The van der Waals surface area contributed by atoms with Gasteiger partial charge in [-0.15, -0.1) is 0 Å². The Labute approximate surface area is 189 Å². The summed E-state index contributed by atoms with van der Waals surface area (Å²) in [5, 5.41) is 5.05. The Morgan fingerprint density at radius 1 is 1.13 bits per heavy atom. The number of nitrogens with one attached hydrogen (secondary N) is 1. The number of rotatable bonds is 5. The summed E-state index contributed by atoms with van der Waals surface area (Å²) < 4.78 is 11.5. The zero-order valence-corrected chi connectivity index (χ0v) is 19.2. The summed E-state index contributed by atoms with van der Waals surface area (Å²) in [7, 11) is 1.06. The molecule has 0 saturated carbocycles. The first-order valence-electron chi connectivity index (χ1n) is 10.2. The van der Waals surface area contributed by atoms with Crippen LogP contribution in [0.25, 0.3) is 0 Å². The maximum atomic E-state index is 12.6. The molecule has 0 atom stereocenters. The minimum Gasteiger partial charge on any atom is -0.380 e. The van der Waals surface area contributed by atoms with Gasteiger partial charge in [0.15, 0.2) is 0 Å². The van der Waals surface area contributed by atoms with Crippen molar-refractivity contribution >= 4 is 45.6 Å². The van der Waals surface area contributed by atoms with Gasteiger partial charge in [-0.2, -0.15) is 0 Å². The van der Waals surface area contributed by atoms with Gasteiger partial charge in [-0.3, -0.25) is 14.0 Å². The van der Waals surface area contributed by atoms with Crippen molar-refractivity contribution in [3.05, 3.63) is 57.3 Å². The average molecular weight is 466 g/mol. The number of anilines is 1. The molecule has 1 aromatic carbocycles. The first-order valence-corrected chi connectivity index (χ1v) is 12.4. The molecule has 8 heteroatoms. The van der Waals surface area contributed by atoms with Crippen molar-refractivity contribution in [1.82, 2.24) is 9.88 Å². The lowest BCUT2D eigenvalue weighted by molar-refractivity contribution is -0.135. The van der Waals surface area contributed by atoms with Crippen LogP contribution in [0.2, 0.25) is 10.0 Å². The lowest BCUT2D eigenvalue weighted by atomic mass is 10.0. The Balaban J connectivity index is 1.32. The van der Waals surface area contributed by atoms with E-state index in [2.05, 4.69) is 10.3 Å². The molecule has 1 saturated heterocycles. The van der Waals surface area contributed by atoms with Crippen molar-refractivity contribution < 1.29 is 9.00 Å². The second kappa shape index (κ2) is 9.25. The molecule has 0 spiro atoms. The lowest BCUT2D eigenvalue weighted by Gasteiger charge is -2.26. The van der Waals surface area contributed by atoms with Gasteiger partial charge in [0, 0.05) is 51.4 Å². The highest BCUT2D eigenvalue weighted by molar-refractivity contribution is 7.85. The van der Waals surface area contributed by atoms with Crippen LogP contribution >= 0.6 is 23.2 Å². The van der Waals surface area contributed by atoms with E-state index in [0.29, 0.717) is 30.9 Å². The van der Waals surface area contributed by atoms with Crippen molar-refractivity contribution in [3.63, 3.8) is 0 Å². The zero-order valence-electron chi connectivity index (χ0n) is 16.9. The van der Waals surface area contributed by atoms with Crippen LogP contribution in [0.5, 0.6) is 0 Å². The van der Waals surface area contributed by atoms with Gasteiger partial charge in [0.1, 0.15) is 0 Å². The summed E-state index contributed by atoms with van der Waals surface area (Å²) in [5.41, 5.74) is 4.03. The third-order valence-corrected chi connectivity index (χ3v) is 8.02. The van der Waals surface area contributed by atoms with Crippen LogP contribution < -0.4 is 5.32 Å². The number of carbonyl (C=O) groups is 1. The highest BCUT2D eigenvalue weighted by Gasteiger charge is 2.27. The molecule has 1 aliphatic carbocycles. The van der Waals surface area contributed by atoms with Gasteiger partial charge in [0.05, 0.1) is 24.1 Å². The van der Waals surface area contributed by atoms with Crippen LogP contribution in [-0.2, 0) is 35.0 Å². The highest BCUT2D eigenvalue weighted by atomic mass is 35.5. The quantitative estimate of drug-likeness (QED) is 0.722. The Bertz CT molecular complexity index is 927. The van der Waals surface area contributed by atoms with Crippen LogP contribution in [0.1, 0.15) is 29.7 Å². The van der Waals surface area contributed by atoms with Crippen molar-refractivity contribution in [3.8, 4) is 0 Å². The molecular formula is C22H25Cl2N3O2S. The Hall–Kier alpha value is -1.63. The summed E-state index contributed by atoms with van der Waals surface area (Å²) in [6.07, 6.45) is 4.90. The first kappa shape index (κ1) is 21.6. The number of hydrogen-bond acceptors (Lipinski definition) is 4. The van der Waals surface area contributed by atoms with Gasteiger partial charge in [-0.25, -0.2) is 0 Å². The van der Waals surface area contributed by atoms with Crippen molar-refractivity contribution in [2.75, 3.05) is 23.9 Å². The van der Waals surface area contributed by atoms with E-state index in [0.717, 1.165) is 45.4 Å². The summed E-state index contributed by atoms with van der Waals surface area (Å²) >= 11 is 12.6. The van der Waals surface area contributed by atoms with E-state index < -0.39 is 10.8 Å². The van der Waals surface area contributed by atoms with Gasteiger partial charge in [0.25, 0.3) is 0 Å². The molecule has 160 valence electrons. The summed E-state index contributed by atoms with van der Waals surface area (Å²) in [6.45, 7) is 0.471. The Kier molecular flexibility index (Phi) is 6.66. The van der Waals surface area contributed by atoms with Gasteiger partial charge >= 0.3 is 0 Å². The van der Waals surface area contributed by atoms with Crippen molar-refractivity contribution in [2.45, 2.75) is 38.3 Å². The molecule has 1 aromatic heterocycles. The molecule has 1 aliphatic heterocycles. The summed E-state index contributed by atoms with van der Waals surface area (Å²) in [5.74, 6) is 1.36. The largest absolute Gasteiger partial charge is 0.380 e. The molecule has 2 aromatic rings. The summed E-state index contributed by atoms with van der Waals surface area (Å²) in [6, 6.07) is 7.88. The number of amides is 1. The smallest absolute Gasteiger partial charge is 0.225 e. The second-order valence-corrected chi connectivity index (χ2v) is 10.6. The van der Waals surface area contributed by atoms with Crippen LogP contribution in [0, 0.1) is 5.92 Å². The molecule has 0 bridgehead atoms. The fourth-order valence-electron chi connectivity index (χ4n) is 4.26. The van der Waals surface area contributed by atoms with E-state index in [4.69, 9.17) is 23.2 Å². The number of benzene rings is 1. The zero-order chi connectivity index (χ0) is 21.3. The fraction of sp³-hybridized carbons (Fsp3) is 0.455. The molecule has 0 radical (unpaired) electrons. The monoisotopic (exact) mass is 465 g/mol. The van der Waals surface area contributed by atoms with E-state index in [1.54, 1.807) is 4.90 Å². The number of carbonyl (C=O) groups excluding carboxylic acids is 1. The third-order valence-electron chi connectivity index (χ3n) is 5.93. The molecule has 0 unspecified atom stereocenters. The van der Waals surface area contributed by atoms with Crippen LogP contribution in [0.15, 0.2) is 30.5 Å². The summed E-state index contributed by atoms with van der Waals surface area (Å²) in [4.78, 5) is 18.9. The normalized spacial score (nSPS) is 21.3. The molecule has 2 heterocycles. The van der Waals surface area contributed by atoms with Crippen LogP contribution in [0.3, 0.4) is 0 Å². The number of halogens is 2. The first-order chi connectivity index (χ1) is 14.4. The fourth-order valence-corrected chi connectivity index (χ4v) is 6.06. The molecule has 1 fully saturated rings. The standard InChI is InChI=1S/C22H25Cl2N3O2S/c1-27(22(28)14-6-8-30(29)9-7-14)13-16-3-2-15(12-25-16)26-17-10-18-19(11-17)21(24)5-4-20(18)23/h2-5,12,14,17,26H,6-11,13H2,1H3. The molecule has 30 heavy (non-hydrogen) atoms. The molecule has 5 nitrogen and oxygen atoms in total.